The monoisotopic (exact) mass is 455 g/mol. The number of hydrogen-bond acceptors (Lipinski definition) is 6. The normalized spacial score (nSPS) is 13.8. The van der Waals surface area contributed by atoms with Crippen LogP contribution in [0.25, 0.3) is 0 Å². The largest absolute Gasteiger partial charge is 0.377 e. The lowest BCUT2D eigenvalue weighted by Crippen LogP contribution is -2.21. The van der Waals surface area contributed by atoms with Gasteiger partial charge in [0.05, 0.1) is 12.7 Å². The maximum atomic E-state index is 5.98. The minimum Gasteiger partial charge on any atom is -0.377 e. The lowest BCUT2D eigenvalue weighted by atomic mass is 10.1. The van der Waals surface area contributed by atoms with Gasteiger partial charge in [-0.15, -0.1) is 17.2 Å². The second kappa shape index (κ2) is 23.3. The highest BCUT2D eigenvalue weighted by Crippen LogP contribution is 2.21. The molecule has 0 aromatic rings. The highest BCUT2D eigenvalue weighted by atomic mass is 31.1. The van der Waals surface area contributed by atoms with Crippen LogP contribution in [0.3, 0.4) is 0 Å². The summed E-state index contributed by atoms with van der Waals surface area (Å²) in [6.45, 7) is 12.1. The van der Waals surface area contributed by atoms with E-state index in [0.29, 0.717) is 45.7 Å². The van der Waals surface area contributed by atoms with Crippen LogP contribution in [-0.4, -0.2) is 82.9 Å². The smallest absolute Gasteiger partial charge is 0.161 e. The van der Waals surface area contributed by atoms with Crippen molar-refractivity contribution in [3.05, 3.63) is 0 Å². The average molecular weight is 456 g/mol. The van der Waals surface area contributed by atoms with Crippen molar-refractivity contribution in [1.29, 1.82) is 0 Å². The Kier molecular flexibility index (Phi) is 23.8. The SMILES string of the molecule is CCOC(CPCCCCC(CCPCC(OCC)OCC)OCCN)OCC. The third-order valence-corrected chi connectivity index (χ3v) is 6.87. The van der Waals surface area contributed by atoms with Gasteiger partial charge in [0.25, 0.3) is 0 Å². The van der Waals surface area contributed by atoms with Gasteiger partial charge < -0.3 is 29.4 Å². The predicted octanol–water partition coefficient (Wildman–Crippen LogP) is 4.05. The summed E-state index contributed by atoms with van der Waals surface area (Å²) in [7, 11) is 1.74. The standard InChI is InChI=1S/C21H47NO5P2/c1-5-23-20(24-6-2)17-28-15-10-9-11-19(27-14-13-22)12-16-29-18-21(25-7-3)26-8-4/h19-21,28-29H,5-18,22H2,1-4H3. The van der Waals surface area contributed by atoms with E-state index in [1.54, 1.807) is 0 Å². The molecular weight excluding hydrogens is 408 g/mol. The molecule has 0 spiro atoms. The Balaban J connectivity index is 3.94. The molecule has 2 N–H and O–H groups in total. The fraction of sp³-hybridized carbons (Fsp3) is 1.00. The van der Waals surface area contributed by atoms with Gasteiger partial charge in [-0.1, -0.05) is 6.42 Å². The molecule has 0 saturated heterocycles. The number of hydrogen-bond donors (Lipinski definition) is 1. The van der Waals surface area contributed by atoms with Crippen molar-refractivity contribution in [1.82, 2.24) is 0 Å². The molecule has 0 aromatic heterocycles. The van der Waals surface area contributed by atoms with Crippen molar-refractivity contribution in [2.24, 2.45) is 5.73 Å². The molecule has 0 radical (unpaired) electrons. The van der Waals surface area contributed by atoms with Crippen molar-refractivity contribution >= 4 is 17.2 Å². The summed E-state index contributed by atoms with van der Waals surface area (Å²) in [5, 5.41) is 0. The molecule has 0 aliphatic carbocycles. The number of nitrogens with two attached hydrogens (primary N) is 1. The zero-order valence-electron chi connectivity index (χ0n) is 19.3. The summed E-state index contributed by atoms with van der Waals surface area (Å²) in [4.78, 5) is 0. The van der Waals surface area contributed by atoms with Crippen LogP contribution in [0.4, 0.5) is 0 Å². The molecule has 8 heteroatoms. The van der Waals surface area contributed by atoms with Crippen LogP contribution in [0.15, 0.2) is 0 Å². The summed E-state index contributed by atoms with van der Waals surface area (Å²) >= 11 is 0. The van der Waals surface area contributed by atoms with Crippen molar-refractivity contribution < 1.29 is 23.7 Å². The second-order valence-electron chi connectivity index (χ2n) is 6.65. The first kappa shape index (κ1) is 29.6. The third kappa shape index (κ3) is 19.1. The first-order valence-corrected chi connectivity index (χ1v) is 14.2. The fourth-order valence-corrected chi connectivity index (χ4v) is 5.32. The Hall–Kier alpha value is 0.620. The summed E-state index contributed by atoms with van der Waals surface area (Å²) < 4.78 is 28.4. The van der Waals surface area contributed by atoms with E-state index in [1.807, 2.05) is 27.7 Å². The number of unbranched alkanes of at least 4 members (excludes halogenated alkanes) is 1. The van der Waals surface area contributed by atoms with E-state index in [1.165, 1.54) is 19.0 Å². The van der Waals surface area contributed by atoms with Crippen LogP contribution in [-0.2, 0) is 23.7 Å². The highest BCUT2D eigenvalue weighted by Gasteiger charge is 2.12. The van der Waals surface area contributed by atoms with E-state index in [9.17, 15) is 0 Å². The molecule has 0 rings (SSSR count). The lowest BCUT2D eigenvalue weighted by molar-refractivity contribution is -0.120. The van der Waals surface area contributed by atoms with Gasteiger partial charge in [0.1, 0.15) is 0 Å². The fourth-order valence-electron chi connectivity index (χ4n) is 2.95. The van der Waals surface area contributed by atoms with Gasteiger partial charge in [0.15, 0.2) is 12.6 Å². The van der Waals surface area contributed by atoms with Gasteiger partial charge in [-0.2, -0.15) is 0 Å². The average Bonchev–Trinajstić information content (AvgIpc) is 2.71. The Labute approximate surface area is 183 Å². The molecule has 3 atom stereocenters. The molecule has 0 aliphatic rings. The van der Waals surface area contributed by atoms with Gasteiger partial charge in [-0.3, -0.25) is 0 Å². The third-order valence-electron chi connectivity index (χ3n) is 4.28. The number of rotatable bonds is 23. The molecule has 0 fully saturated rings. The molecule has 29 heavy (non-hydrogen) atoms. The molecule has 6 nitrogen and oxygen atoms in total. The Morgan fingerprint density at radius 1 is 0.655 bits per heavy atom. The number of ether oxygens (including phenoxy) is 5. The molecule has 0 amide bonds. The molecule has 0 aliphatic heterocycles. The molecule has 176 valence electrons. The highest BCUT2D eigenvalue weighted by molar-refractivity contribution is 7.38. The summed E-state index contributed by atoms with van der Waals surface area (Å²) in [5.74, 6) is 0. The molecule has 3 unspecified atom stereocenters. The van der Waals surface area contributed by atoms with E-state index < -0.39 is 0 Å². The predicted molar refractivity (Wildman–Crippen MR) is 127 cm³/mol. The molecular formula is C21H47NO5P2. The van der Waals surface area contributed by atoms with Crippen LogP contribution in [0, 0.1) is 0 Å². The van der Waals surface area contributed by atoms with Crippen molar-refractivity contribution in [2.75, 3.05) is 64.2 Å². The Morgan fingerprint density at radius 3 is 1.66 bits per heavy atom. The Bertz CT molecular complexity index is 317. The van der Waals surface area contributed by atoms with Crippen molar-refractivity contribution in [3.8, 4) is 0 Å². The van der Waals surface area contributed by atoms with Crippen LogP contribution < -0.4 is 5.73 Å². The van der Waals surface area contributed by atoms with Gasteiger partial charge in [0, 0.05) is 45.3 Å². The molecule has 0 bridgehead atoms. The van der Waals surface area contributed by atoms with E-state index in [4.69, 9.17) is 29.4 Å². The minimum absolute atomic E-state index is 0.0258. The van der Waals surface area contributed by atoms with E-state index in [2.05, 4.69) is 0 Å². The van der Waals surface area contributed by atoms with Gasteiger partial charge in [-0.25, -0.2) is 0 Å². The van der Waals surface area contributed by atoms with Gasteiger partial charge in [0.2, 0.25) is 0 Å². The molecule has 0 heterocycles. The lowest BCUT2D eigenvalue weighted by Gasteiger charge is -2.20. The first-order valence-electron chi connectivity index (χ1n) is 11.4. The first-order chi connectivity index (χ1) is 14.2. The van der Waals surface area contributed by atoms with Gasteiger partial charge >= 0.3 is 0 Å². The Morgan fingerprint density at radius 2 is 1.17 bits per heavy atom. The quantitative estimate of drug-likeness (QED) is 0.142. The van der Waals surface area contributed by atoms with Crippen LogP contribution in [0.1, 0.15) is 53.4 Å². The van der Waals surface area contributed by atoms with Crippen LogP contribution >= 0.6 is 17.2 Å². The molecule has 0 saturated carbocycles. The van der Waals surface area contributed by atoms with Gasteiger partial charge in [-0.05, 0) is 59.3 Å². The van der Waals surface area contributed by atoms with E-state index in [-0.39, 0.29) is 12.6 Å². The molecule has 0 aromatic carbocycles. The maximum absolute atomic E-state index is 5.98. The van der Waals surface area contributed by atoms with Crippen LogP contribution in [0.5, 0.6) is 0 Å². The van der Waals surface area contributed by atoms with E-state index in [0.717, 1.165) is 48.5 Å². The summed E-state index contributed by atoms with van der Waals surface area (Å²) in [5.41, 5.74) is 5.63. The minimum atomic E-state index is -0.0510. The van der Waals surface area contributed by atoms with Crippen molar-refractivity contribution in [3.63, 3.8) is 0 Å². The maximum Gasteiger partial charge on any atom is 0.161 e. The topological polar surface area (TPSA) is 72.2 Å². The van der Waals surface area contributed by atoms with Crippen LogP contribution in [0.2, 0.25) is 0 Å². The summed E-state index contributed by atoms with van der Waals surface area (Å²) in [6, 6.07) is 0. The summed E-state index contributed by atoms with van der Waals surface area (Å²) in [6.07, 6.45) is 9.32. The second-order valence-corrected chi connectivity index (χ2v) is 9.47. The zero-order valence-corrected chi connectivity index (χ0v) is 21.3. The van der Waals surface area contributed by atoms with Crippen molar-refractivity contribution in [2.45, 2.75) is 72.1 Å². The zero-order chi connectivity index (χ0) is 21.6. The van der Waals surface area contributed by atoms with E-state index >= 15 is 0 Å².